The SMILES string of the molecule is Clc1ccc(C(CBr)O[C@H]2CCC[C@H](COc3ccc(Cl)cc3Cl)O2)cc1. The van der Waals surface area contributed by atoms with E-state index in [1.807, 2.05) is 24.3 Å². The van der Waals surface area contributed by atoms with Crippen molar-refractivity contribution in [2.45, 2.75) is 37.8 Å². The van der Waals surface area contributed by atoms with E-state index in [-0.39, 0.29) is 18.5 Å². The molecule has 2 aromatic rings. The Morgan fingerprint density at radius 1 is 1.04 bits per heavy atom. The molecule has 0 bridgehead atoms. The van der Waals surface area contributed by atoms with Gasteiger partial charge < -0.3 is 14.2 Å². The first-order chi connectivity index (χ1) is 13.0. The lowest BCUT2D eigenvalue weighted by Gasteiger charge is -2.32. The third kappa shape index (κ3) is 6.25. The lowest BCUT2D eigenvalue weighted by Crippen LogP contribution is -2.34. The molecule has 2 aromatic carbocycles. The second-order valence-corrected chi connectivity index (χ2v) is 8.26. The van der Waals surface area contributed by atoms with Gasteiger partial charge in [-0.25, -0.2) is 0 Å². The molecule has 146 valence electrons. The summed E-state index contributed by atoms with van der Waals surface area (Å²) >= 11 is 21.6. The zero-order valence-electron chi connectivity index (χ0n) is 14.5. The number of ether oxygens (including phenoxy) is 3. The largest absolute Gasteiger partial charge is 0.489 e. The van der Waals surface area contributed by atoms with Crippen LogP contribution in [0.2, 0.25) is 15.1 Å². The lowest BCUT2D eigenvalue weighted by atomic mass is 10.1. The van der Waals surface area contributed by atoms with Crippen molar-refractivity contribution in [3.63, 3.8) is 0 Å². The van der Waals surface area contributed by atoms with Crippen LogP contribution >= 0.6 is 50.7 Å². The number of alkyl halides is 1. The highest BCUT2D eigenvalue weighted by Crippen LogP contribution is 2.30. The van der Waals surface area contributed by atoms with E-state index in [9.17, 15) is 0 Å². The van der Waals surface area contributed by atoms with E-state index < -0.39 is 0 Å². The molecule has 7 heteroatoms. The van der Waals surface area contributed by atoms with E-state index >= 15 is 0 Å². The van der Waals surface area contributed by atoms with Gasteiger partial charge in [0.25, 0.3) is 0 Å². The summed E-state index contributed by atoms with van der Waals surface area (Å²) < 4.78 is 18.1. The highest BCUT2D eigenvalue weighted by atomic mass is 79.9. The standard InChI is InChI=1S/C20H20BrCl3O3/c21-11-19(13-4-6-14(22)7-5-13)27-20-3-1-2-16(26-20)12-25-18-9-8-15(23)10-17(18)24/h4-10,16,19-20H,1-3,11-12H2/t16-,19?,20+/m1/s1. The number of hydrogen-bond acceptors (Lipinski definition) is 3. The van der Waals surface area contributed by atoms with Crippen LogP contribution in [-0.2, 0) is 9.47 Å². The van der Waals surface area contributed by atoms with Crippen molar-refractivity contribution in [2.24, 2.45) is 0 Å². The predicted molar refractivity (Wildman–Crippen MR) is 114 cm³/mol. The Hall–Kier alpha value is -0.490. The zero-order chi connectivity index (χ0) is 19.2. The van der Waals surface area contributed by atoms with Crippen LogP contribution in [0.1, 0.15) is 30.9 Å². The van der Waals surface area contributed by atoms with Gasteiger partial charge in [0.05, 0.1) is 17.2 Å². The van der Waals surface area contributed by atoms with Crippen molar-refractivity contribution in [1.29, 1.82) is 0 Å². The van der Waals surface area contributed by atoms with Gasteiger partial charge in [-0.3, -0.25) is 0 Å². The van der Waals surface area contributed by atoms with Crippen LogP contribution in [0.3, 0.4) is 0 Å². The van der Waals surface area contributed by atoms with Gasteiger partial charge >= 0.3 is 0 Å². The lowest BCUT2D eigenvalue weighted by molar-refractivity contribution is -0.217. The van der Waals surface area contributed by atoms with Crippen LogP contribution < -0.4 is 4.74 Å². The second kappa shape index (κ2) is 10.3. The van der Waals surface area contributed by atoms with Crippen molar-refractivity contribution < 1.29 is 14.2 Å². The van der Waals surface area contributed by atoms with Crippen molar-refractivity contribution in [2.75, 3.05) is 11.9 Å². The minimum atomic E-state index is -0.272. The van der Waals surface area contributed by atoms with Crippen molar-refractivity contribution in [3.8, 4) is 5.75 Å². The van der Waals surface area contributed by atoms with E-state index in [0.29, 0.717) is 32.8 Å². The fourth-order valence-electron chi connectivity index (χ4n) is 2.93. The first-order valence-corrected chi connectivity index (χ1v) is 11.0. The zero-order valence-corrected chi connectivity index (χ0v) is 18.4. The fraction of sp³-hybridized carbons (Fsp3) is 0.400. The normalized spacial score (nSPS) is 21.0. The molecule has 1 unspecified atom stereocenters. The molecular weight excluding hydrogens is 474 g/mol. The summed E-state index contributed by atoms with van der Waals surface area (Å²) in [6, 6.07) is 12.9. The smallest absolute Gasteiger partial charge is 0.159 e. The molecule has 0 aliphatic carbocycles. The van der Waals surface area contributed by atoms with E-state index in [2.05, 4.69) is 15.9 Å². The van der Waals surface area contributed by atoms with Gasteiger partial charge in [-0.2, -0.15) is 0 Å². The molecule has 0 aromatic heterocycles. The average Bonchev–Trinajstić information content (AvgIpc) is 2.66. The Labute approximate surface area is 183 Å². The molecule has 1 fully saturated rings. The molecule has 3 nitrogen and oxygen atoms in total. The minimum absolute atomic E-state index is 0.0447. The van der Waals surface area contributed by atoms with Crippen molar-refractivity contribution >= 4 is 50.7 Å². The molecule has 3 rings (SSSR count). The molecule has 0 N–H and O–H groups in total. The molecular formula is C20H20BrCl3O3. The highest BCUT2D eigenvalue weighted by molar-refractivity contribution is 9.09. The Morgan fingerprint density at radius 3 is 2.48 bits per heavy atom. The summed E-state index contributed by atoms with van der Waals surface area (Å²) in [6.45, 7) is 0.418. The summed E-state index contributed by atoms with van der Waals surface area (Å²) in [6.07, 6.45) is 2.38. The average molecular weight is 495 g/mol. The second-order valence-electron chi connectivity index (χ2n) is 6.33. The molecule has 1 aliphatic heterocycles. The monoisotopic (exact) mass is 492 g/mol. The third-order valence-electron chi connectivity index (χ3n) is 4.33. The van der Waals surface area contributed by atoms with Gasteiger partial charge in [0.1, 0.15) is 12.4 Å². The van der Waals surface area contributed by atoms with Crippen LogP contribution in [0.15, 0.2) is 42.5 Å². The van der Waals surface area contributed by atoms with Crippen LogP contribution in [0.25, 0.3) is 0 Å². The van der Waals surface area contributed by atoms with Gasteiger partial charge in [0.2, 0.25) is 0 Å². The van der Waals surface area contributed by atoms with Gasteiger partial charge in [0, 0.05) is 15.4 Å². The van der Waals surface area contributed by atoms with Crippen LogP contribution in [0.4, 0.5) is 0 Å². The van der Waals surface area contributed by atoms with Gasteiger partial charge in [-0.1, -0.05) is 62.9 Å². The van der Waals surface area contributed by atoms with E-state index in [1.54, 1.807) is 18.2 Å². The molecule has 1 aliphatic rings. The number of hydrogen-bond donors (Lipinski definition) is 0. The Morgan fingerprint density at radius 2 is 1.78 bits per heavy atom. The van der Waals surface area contributed by atoms with Gasteiger partial charge in [-0.05, 0) is 55.2 Å². The molecule has 0 amide bonds. The maximum absolute atomic E-state index is 6.18. The first-order valence-electron chi connectivity index (χ1n) is 8.75. The van der Waals surface area contributed by atoms with E-state index in [4.69, 9.17) is 49.0 Å². The molecule has 0 radical (unpaired) electrons. The Kier molecular flexibility index (Phi) is 8.12. The van der Waals surface area contributed by atoms with E-state index in [0.717, 1.165) is 24.8 Å². The summed E-state index contributed by atoms with van der Waals surface area (Å²) in [4.78, 5) is 0. The molecule has 1 heterocycles. The van der Waals surface area contributed by atoms with Crippen molar-refractivity contribution in [1.82, 2.24) is 0 Å². The molecule has 3 atom stereocenters. The maximum Gasteiger partial charge on any atom is 0.159 e. The molecule has 1 saturated heterocycles. The number of rotatable bonds is 7. The maximum atomic E-state index is 6.18. The Bertz CT molecular complexity index is 742. The van der Waals surface area contributed by atoms with Crippen LogP contribution in [-0.4, -0.2) is 24.3 Å². The molecule has 27 heavy (non-hydrogen) atoms. The summed E-state index contributed by atoms with van der Waals surface area (Å²) in [7, 11) is 0. The number of halogens is 4. The quantitative estimate of drug-likeness (QED) is 0.385. The van der Waals surface area contributed by atoms with E-state index in [1.165, 1.54) is 0 Å². The minimum Gasteiger partial charge on any atom is -0.489 e. The fourth-order valence-corrected chi connectivity index (χ4v) is 4.04. The summed E-state index contributed by atoms with van der Waals surface area (Å²) in [5.74, 6) is 0.604. The molecule has 0 spiro atoms. The third-order valence-corrected chi connectivity index (χ3v) is 5.70. The topological polar surface area (TPSA) is 27.7 Å². The predicted octanol–water partition coefficient (Wildman–Crippen LogP) is 7.07. The Balaban J connectivity index is 1.54. The van der Waals surface area contributed by atoms with Crippen molar-refractivity contribution in [3.05, 3.63) is 63.1 Å². The number of benzene rings is 2. The first kappa shape index (κ1) is 21.2. The summed E-state index contributed by atoms with van der Waals surface area (Å²) in [5.41, 5.74) is 1.06. The highest BCUT2D eigenvalue weighted by Gasteiger charge is 2.26. The summed E-state index contributed by atoms with van der Waals surface area (Å²) in [5, 5.41) is 2.46. The van der Waals surface area contributed by atoms with Crippen LogP contribution in [0, 0.1) is 0 Å². The molecule has 0 saturated carbocycles. The van der Waals surface area contributed by atoms with Crippen LogP contribution in [0.5, 0.6) is 5.75 Å². The van der Waals surface area contributed by atoms with Gasteiger partial charge in [-0.15, -0.1) is 0 Å². The van der Waals surface area contributed by atoms with Gasteiger partial charge in [0.15, 0.2) is 6.29 Å².